The summed E-state index contributed by atoms with van der Waals surface area (Å²) < 4.78 is 5.21. The van der Waals surface area contributed by atoms with Gasteiger partial charge < -0.3 is 4.74 Å². The fourth-order valence-corrected chi connectivity index (χ4v) is 2.96. The summed E-state index contributed by atoms with van der Waals surface area (Å²) in [5.41, 5.74) is 2.02. The number of amides is 1. The standard InChI is InChI=1S/C18H18N4O3S/c1-10(23)11-5-7-12(8-6-11)13-9-19-14-15(20-13)26-16(21-14)22-17(24)25-18(2,3)4/h5-9H,1-4H3,(H,19,21,22,24). The van der Waals surface area contributed by atoms with E-state index in [2.05, 4.69) is 20.3 Å². The van der Waals surface area contributed by atoms with E-state index >= 15 is 0 Å². The zero-order valence-electron chi connectivity index (χ0n) is 14.9. The molecule has 0 spiro atoms. The normalized spacial score (nSPS) is 11.4. The maximum atomic E-state index is 11.8. The van der Waals surface area contributed by atoms with Gasteiger partial charge in [0.2, 0.25) is 0 Å². The molecule has 0 fully saturated rings. The Kier molecular flexibility index (Phi) is 4.69. The fraction of sp³-hybridized carbons (Fsp3) is 0.278. The van der Waals surface area contributed by atoms with Gasteiger partial charge in [-0.25, -0.2) is 14.8 Å². The SMILES string of the molecule is CC(=O)c1ccc(-c2cnc3nc(NC(=O)OC(C)(C)C)sc3n2)cc1. The Labute approximate surface area is 154 Å². The molecule has 0 bridgehead atoms. The largest absolute Gasteiger partial charge is 0.444 e. The van der Waals surface area contributed by atoms with Crippen LogP contribution in [0.5, 0.6) is 0 Å². The summed E-state index contributed by atoms with van der Waals surface area (Å²) in [5, 5.41) is 2.97. The number of ketones is 1. The van der Waals surface area contributed by atoms with Gasteiger partial charge in [-0.05, 0) is 27.7 Å². The third-order valence-corrected chi connectivity index (χ3v) is 4.17. The van der Waals surface area contributed by atoms with Crippen molar-refractivity contribution in [2.75, 3.05) is 5.32 Å². The maximum Gasteiger partial charge on any atom is 0.413 e. The minimum atomic E-state index is -0.587. The monoisotopic (exact) mass is 370 g/mol. The van der Waals surface area contributed by atoms with Crippen molar-refractivity contribution in [1.29, 1.82) is 0 Å². The summed E-state index contributed by atoms with van der Waals surface area (Å²) in [7, 11) is 0. The third kappa shape index (κ3) is 4.20. The highest BCUT2D eigenvalue weighted by molar-refractivity contribution is 7.21. The Bertz CT molecular complexity index is 974. The van der Waals surface area contributed by atoms with Gasteiger partial charge in [-0.2, -0.15) is 4.98 Å². The van der Waals surface area contributed by atoms with E-state index in [0.29, 0.717) is 26.9 Å². The first-order chi connectivity index (χ1) is 12.2. The lowest BCUT2D eigenvalue weighted by Crippen LogP contribution is -2.27. The predicted octanol–water partition coefficient (Wildman–Crippen LogP) is 4.30. The van der Waals surface area contributed by atoms with Crippen LogP contribution in [0, 0.1) is 0 Å². The molecule has 1 N–H and O–H groups in total. The molecule has 1 amide bonds. The second-order valence-electron chi connectivity index (χ2n) is 6.66. The van der Waals surface area contributed by atoms with Crippen LogP contribution in [-0.4, -0.2) is 32.4 Å². The minimum absolute atomic E-state index is 0.0124. The van der Waals surface area contributed by atoms with Crippen LogP contribution in [0.3, 0.4) is 0 Å². The van der Waals surface area contributed by atoms with E-state index in [0.717, 1.165) is 5.56 Å². The molecule has 0 aliphatic rings. The summed E-state index contributed by atoms with van der Waals surface area (Å²) in [6.07, 6.45) is 1.04. The summed E-state index contributed by atoms with van der Waals surface area (Å²) in [6, 6.07) is 7.17. The van der Waals surface area contributed by atoms with E-state index in [1.807, 2.05) is 12.1 Å². The van der Waals surface area contributed by atoms with Crippen LogP contribution < -0.4 is 5.32 Å². The smallest absolute Gasteiger partial charge is 0.413 e. The van der Waals surface area contributed by atoms with Gasteiger partial charge in [0, 0.05) is 11.1 Å². The van der Waals surface area contributed by atoms with Gasteiger partial charge in [0.1, 0.15) is 5.60 Å². The number of carbonyl (C=O) groups is 2. The van der Waals surface area contributed by atoms with Crippen molar-refractivity contribution in [3.63, 3.8) is 0 Å². The van der Waals surface area contributed by atoms with Gasteiger partial charge in [-0.15, -0.1) is 0 Å². The lowest BCUT2D eigenvalue weighted by Gasteiger charge is -2.18. The van der Waals surface area contributed by atoms with Crippen molar-refractivity contribution >= 4 is 38.8 Å². The van der Waals surface area contributed by atoms with Crippen molar-refractivity contribution < 1.29 is 14.3 Å². The number of hydrogen-bond donors (Lipinski definition) is 1. The van der Waals surface area contributed by atoms with Gasteiger partial charge in [-0.1, -0.05) is 35.6 Å². The molecule has 7 nitrogen and oxygen atoms in total. The molecule has 0 unspecified atom stereocenters. The van der Waals surface area contributed by atoms with Crippen LogP contribution >= 0.6 is 11.3 Å². The highest BCUT2D eigenvalue weighted by atomic mass is 32.1. The van der Waals surface area contributed by atoms with Crippen LogP contribution in [0.1, 0.15) is 38.1 Å². The number of carbonyl (C=O) groups excluding carboxylic acids is 2. The molecule has 3 aromatic rings. The summed E-state index contributed by atoms with van der Waals surface area (Å²) in [4.78, 5) is 36.9. The van der Waals surface area contributed by atoms with Crippen LogP contribution in [0.15, 0.2) is 30.5 Å². The van der Waals surface area contributed by atoms with Gasteiger partial charge in [-0.3, -0.25) is 10.1 Å². The molecule has 134 valence electrons. The Morgan fingerprint density at radius 2 is 1.81 bits per heavy atom. The van der Waals surface area contributed by atoms with Crippen LogP contribution in [0.25, 0.3) is 21.7 Å². The van der Waals surface area contributed by atoms with Gasteiger partial charge in [0.05, 0.1) is 11.9 Å². The highest BCUT2D eigenvalue weighted by Gasteiger charge is 2.18. The van der Waals surface area contributed by atoms with Crippen molar-refractivity contribution in [3.05, 3.63) is 36.0 Å². The number of nitrogens with zero attached hydrogens (tertiary/aromatic N) is 3. The molecule has 0 saturated carbocycles. The van der Waals surface area contributed by atoms with Crippen LogP contribution in [0.2, 0.25) is 0 Å². The molecule has 2 aromatic heterocycles. The van der Waals surface area contributed by atoms with E-state index < -0.39 is 11.7 Å². The lowest BCUT2D eigenvalue weighted by atomic mass is 10.1. The number of benzene rings is 1. The average Bonchev–Trinajstić information content (AvgIpc) is 2.94. The highest BCUT2D eigenvalue weighted by Crippen LogP contribution is 2.26. The Hall–Kier alpha value is -2.87. The molecule has 0 atom stereocenters. The zero-order chi connectivity index (χ0) is 18.9. The number of ether oxygens (including phenoxy) is 1. The molecule has 1 aromatic carbocycles. The Balaban J connectivity index is 1.83. The molecule has 26 heavy (non-hydrogen) atoms. The van der Waals surface area contributed by atoms with E-state index in [9.17, 15) is 9.59 Å². The molecule has 0 saturated heterocycles. The zero-order valence-corrected chi connectivity index (χ0v) is 15.7. The molecule has 0 radical (unpaired) electrons. The molecule has 3 rings (SSSR count). The number of aromatic nitrogens is 3. The summed E-state index contributed by atoms with van der Waals surface area (Å²) >= 11 is 1.22. The molecule has 0 aliphatic carbocycles. The van der Waals surface area contributed by atoms with E-state index in [-0.39, 0.29) is 5.78 Å². The number of Topliss-reactive ketones (excluding diaryl/α,β-unsaturated/α-hetero) is 1. The topological polar surface area (TPSA) is 94.1 Å². The molecule has 0 aliphatic heterocycles. The number of hydrogen-bond acceptors (Lipinski definition) is 7. The van der Waals surface area contributed by atoms with Crippen molar-refractivity contribution in [2.24, 2.45) is 0 Å². The second-order valence-corrected chi connectivity index (χ2v) is 7.64. The van der Waals surface area contributed by atoms with Crippen LogP contribution in [-0.2, 0) is 4.74 Å². The number of anilines is 1. The third-order valence-electron chi connectivity index (χ3n) is 3.32. The molecule has 8 heteroatoms. The Morgan fingerprint density at radius 3 is 2.42 bits per heavy atom. The van der Waals surface area contributed by atoms with E-state index in [1.54, 1.807) is 39.1 Å². The van der Waals surface area contributed by atoms with Gasteiger partial charge in [0.15, 0.2) is 21.4 Å². The van der Waals surface area contributed by atoms with Crippen molar-refractivity contribution in [2.45, 2.75) is 33.3 Å². The van der Waals surface area contributed by atoms with Crippen molar-refractivity contribution in [1.82, 2.24) is 15.0 Å². The second kappa shape index (κ2) is 6.80. The van der Waals surface area contributed by atoms with E-state index in [4.69, 9.17) is 4.74 Å². The quantitative estimate of drug-likeness (QED) is 0.691. The lowest BCUT2D eigenvalue weighted by molar-refractivity contribution is 0.0635. The van der Waals surface area contributed by atoms with Crippen LogP contribution in [0.4, 0.5) is 9.93 Å². The fourth-order valence-electron chi connectivity index (χ4n) is 2.18. The van der Waals surface area contributed by atoms with Gasteiger partial charge in [0.25, 0.3) is 0 Å². The van der Waals surface area contributed by atoms with Gasteiger partial charge >= 0.3 is 6.09 Å². The average molecular weight is 370 g/mol. The summed E-state index contributed by atoms with van der Waals surface area (Å²) in [6.45, 7) is 6.89. The first-order valence-electron chi connectivity index (χ1n) is 7.96. The molecular weight excluding hydrogens is 352 g/mol. The number of fused-ring (bicyclic) bond motifs is 1. The first kappa shape index (κ1) is 17.9. The predicted molar refractivity (Wildman–Crippen MR) is 101 cm³/mol. The molecular formula is C18H18N4O3S. The van der Waals surface area contributed by atoms with E-state index in [1.165, 1.54) is 18.3 Å². The maximum absolute atomic E-state index is 11.8. The first-order valence-corrected chi connectivity index (χ1v) is 8.78. The number of nitrogens with one attached hydrogen (secondary N) is 1. The summed E-state index contributed by atoms with van der Waals surface area (Å²) in [5.74, 6) is 0.0124. The van der Waals surface area contributed by atoms with Crippen molar-refractivity contribution in [3.8, 4) is 11.3 Å². The molecule has 2 heterocycles. The minimum Gasteiger partial charge on any atom is -0.444 e. The Morgan fingerprint density at radius 1 is 1.12 bits per heavy atom. The number of thiazole rings is 1. The number of rotatable bonds is 3.